The normalized spacial score (nSPS) is 23.0. The van der Waals surface area contributed by atoms with Gasteiger partial charge in [0, 0.05) is 24.6 Å². The molecule has 3 nitrogen and oxygen atoms in total. The lowest BCUT2D eigenvalue weighted by molar-refractivity contribution is 0.502. The van der Waals surface area contributed by atoms with E-state index in [9.17, 15) is 0 Å². The summed E-state index contributed by atoms with van der Waals surface area (Å²) >= 11 is 6.92. The maximum absolute atomic E-state index is 5.63. The fraction of sp³-hybridized carbons (Fsp3) is 1.00. The van der Waals surface area contributed by atoms with Gasteiger partial charge in [-0.3, -0.25) is 15.7 Å². The summed E-state index contributed by atoms with van der Waals surface area (Å²) in [6.07, 6.45) is 0. The lowest BCUT2D eigenvalue weighted by Gasteiger charge is -2.31. The van der Waals surface area contributed by atoms with Gasteiger partial charge in [-0.2, -0.15) is 11.8 Å². The van der Waals surface area contributed by atoms with E-state index in [0.29, 0.717) is 0 Å². The van der Waals surface area contributed by atoms with Gasteiger partial charge >= 0.3 is 0 Å². The molecule has 1 aliphatic heterocycles. The summed E-state index contributed by atoms with van der Waals surface area (Å²) in [5, 5.41) is 0. The summed E-state index contributed by atoms with van der Waals surface area (Å²) in [7, 11) is 0. The SMILES string of the molecule is NP(N)(=S)N1CCSCC1. The molecule has 0 aromatic heterocycles. The molecule has 1 rings (SSSR count). The summed E-state index contributed by atoms with van der Waals surface area (Å²) in [5.74, 6) is 2.24. The topological polar surface area (TPSA) is 55.3 Å². The second-order valence-corrected chi connectivity index (χ2v) is 7.13. The molecule has 0 aromatic rings. The highest BCUT2D eigenvalue weighted by Crippen LogP contribution is 2.33. The van der Waals surface area contributed by atoms with Crippen LogP contribution in [0.25, 0.3) is 0 Å². The van der Waals surface area contributed by atoms with Crippen LogP contribution in [-0.4, -0.2) is 29.3 Å². The van der Waals surface area contributed by atoms with Crippen LogP contribution in [-0.2, 0) is 11.8 Å². The summed E-state index contributed by atoms with van der Waals surface area (Å²) in [5.41, 5.74) is 11.3. The fourth-order valence-electron chi connectivity index (χ4n) is 0.866. The Morgan fingerprint density at radius 1 is 1.30 bits per heavy atom. The molecule has 1 saturated heterocycles. The van der Waals surface area contributed by atoms with Gasteiger partial charge in [0.1, 0.15) is 6.49 Å². The van der Waals surface area contributed by atoms with Crippen molar-refractivity contribution in [1.82, 2.24) is 4.67 Å². The number of rotatable bonds is 1. The number of nitrogens with two attached hydrogens (primary N) is 2. The van der Waals surface area contributed by atoms with E-state index < -0.39 is 6.49 Å². The van der Waals surface area contributed by atoms with Crippen LogP contribution in [0, 0.1) is 0 Å². The van der Waals surface area contributed by atoms with Crippen molar-refractivity contribution in [1.29, 1.82) is 0 Å². The molecule has 0 bridgehead atoms. The predicted molar refractivity (Wildman–Crippen MR) is 51.6 cm³/mol. The number of hydrogen-bond acceptors (Lipinski definition) is 2. The van der Waals surface area contributed by atoms with Gasteiger partial charge in [-0.25, -0.2) is 0 Å². The molecule has 0 atom stereocenters. The van der Waals surface area contributed by atoms with Gasteiger partial charge in [-0.05, 0) is 11.8 Å². The molecular weight excluding hydrogens is 185 g/mol. The van der Waals surface area contributed by atoms with Gasteiger partial charge in [0.2, 0.25) is 0 Å². The Labute approximate surface area is 70.7 Å². The standard InChI is InChI=1S/C4H12N3PS2/c5-8(6,9)7-1-3-10-4-2-7/h1-4H2,(H4,5,6,9). The summed E-state index contributed by atoms with van der Waals surface area (Å²) in [4.78, 5) is 0. The quantitative estimate of drug-likeness (QED) is 0.587. The van der Waals surface area contributed by atoms with Crippen molar-refractivity contribution < 1.29 is 0 Å². The third-order valence-corrected chi connectivity index (χ3v) is 4.35. The molecule has 1 heterocycles. The van der Waals surface area contributed by atoms with E-state index in [1.165, 1.54) is 0 Å². The minimum absolute atomic E-state index is 0.967. The van der Waals surface area contributed by atoms with Gasteiger partial charge in [-0.1, -0.05) is 0 Å². The van der Waals surface area contributed by atoms with Crippen molar-refractivity contribution >= 4 is 30.1 Å². The van der Waals surface area contributed by atoms with Gasteiger partial charge in [0.25, 0.3) is 0 Å². The molecule has 0 unspecified atom stereocenters. The summed E-state index contributed by atoms with van der Waals surface area (Å²) in [6, 6.07) is 0. The van der Waals surface area contributed by atoms with E-state index in [4.69, 9.17) is 22.8 Å². The third kappa shape index (κ3) is 2.49. The van der Waals surface area contributed by atoms with Crippen molar-refractivity contribution in [2.75, 3.05) is 24.6 Å². The second kappa shape index (κ2) is 3.52. The van der Waals surface area contributed by atoms with Crippen molar-refractivity contribution in [3.8, 4) is 0 Å². The zero-order chi connectivity index (χ0) is 7.61. The van der Waals surface area contributed by atoms with Crippen molar-refractivity contribution in [2.24, 2.45) is 11.0 Å². The first-order valence-electron chi connectivity index (χ1n) is 3.11. The third-order valence-electron chi connectivity index (χ3n) is 1.43. The molecule has 6 heteroatoms. The van der Waals surface area contributed by atoms with Crippen LogP contribution < -0.4 is 11.0 Å². The van der Waals surface area contributed by atoms with E-state index >= 15 is 0 Å². The van der Waals surface area contributed by atoms with Crippen LogP contribution in [0.4, 0.5) is 0 Å². The molecule has 4 N–H and O–H groups in total. The maximum atomic E-state index is 5.63. The number of hydrogen-bond donors (Lipinski definition) is 2. The molecule has 1 fully saturated rings. The molecule has 0 saturated carbocycles. The molecule has 0 radical (unpaired) electrons. The Kier molecular flexibility index (Phi) is 3.16. The van der Waals surface area contributed by atoms with E-state index in [2.05, 4.69) is 0 Å². The monoisotopic (exact) mass is 197 g/mol. The van der Waals surface area contributed by atoms with Gasteiger partial charge < -0.3 is 0 Å². The van der Waals surface area contributed by atoms with Crippen molar-refractivity contribution in [3.63, 3.8) is 0 Å². The molecule has 1 aliphatic rings. The fourth-order valence-corrected chi connectivity index (χ4v) is 3.36. The zero-order valence-corrected chi connectivity index (χ0v) is 8.22. The Bertz CT molecular complexity index is 151. The van der Waals surface area contributed by atoms with E-state index in [-0.39, 0.29) is 0 Å². The molecular formula is C4H12N3PS2. The molecule has 0 aliphatic carbocycles. The first kappa shape index (κ1) is 8.97. The van der Waals surface area contributed by atoms with Crippen LogP contribution in [0.3, 0.4) is 0 Å². The molecule has 0 spiro atoms. The van der Waals surface area contributed by atoms with Crippen LogP contribution in [0.15, 0.2) is 0 Å². The van der Waals surface area contributed by atoms with Crippen LogP contribution >= 0.6 is 18.3 Å². The van der Waals surface area contributed by atoms with E-state index in [1.54, 1.807) is 0 Å². The van der Waals surface area contributed by atoms with Gasteiger partial charge in [-0.15, -0.1) is 0 Å². The number of nitrogens with zero attached hydrogens (tertiary/aromatic N) is 1. The highest BCUT2D eigenvalue weighted by molar-refractivity contribution is 8.11. The van der Waals surface area contributed by atoms with Gasteiger partial charge in [0.15, 0.2) is 0 Å². The first-order valence-corrected chi connectivity index (χ1v) is 7.16. The molecule has 60 valence electrons. The molecule has 0 aromatic carbocycles. The van der Waals surface area contributed by atoms with E-state index in [1.807, 2.05) is 16.4 Å². The molecule has 10 heavy (non-hydrogen) atoms. The lowest BCUT2D eigenvalue weighted by atomic mass is 10.6. The number of thioether (sulfide) groups is 1. The van der Waals surface area contributed by atoms with Gasteiger partial charge in [0.05, 0.1) is 0 Å². The minimum atomic E-state index is -2.09. The average molecular weight is 197 g/mol. The highest BCUT2D eigenvalue weighted by atomic mass is 32.4. The highest BCUT2D eigenvalue weighted by Gasteiger charge is 2.18. The largest absolute Gasteiger partial charge is 0.279 e. The summed E-state index contributed by atoms with van der Waals surface area (Å²) < 4.78 is 2.04. The Morgan fingerprint density at radius 3 is 2.10 bits per heavy atom. The summed E-state index contributed by atoms with van der Waals surface area (Å²) in [6.45, 7) is -0.153. The first-order chi connectivity index (χ1) is 4.61. The van der Waals surface area contributed by atoms with Crippen molar-refractivity contribution in [2.45, 2.75) is 0 Å². The van der Waals surface area contributed by atoms with E-state index in [0.717, 1.165) is 24.6 Å². The second-order valence-electron chi connectivity index (χ2n) is 2.24. The Hall–Kier alpha value is 0.880. The molecule has 0 amide bonds. The minimum Gasteiger partial charge on any atom is -0.279 e. The van der Waals surface area contributed by atoms with Crippen LogP contribution in [0.1, 0.15) is 0 Å². The maximum Gasteiger partial charge on any atom is 0.135 e. The van der Waals surface area contributed by atoms with Crippen LogP contribution in [0.5, 0.6) is 0 Å². The Balaban J connectivity index is 2.47. The zero-order valence-electron chi connectivity index (χ0n) is 5.69. The van der Waals surface area contributed by atoms with Crippen molar-refractivity contribution in [3.05, 3.63) is 0 Å². The predicted octanol–water partition coefficient (Wildman–Crippen LogP) is 0.177. The lowest BCUT2D eigenvalue weighted by Crippen LogP contribution is -2.35. The Morgan fingerprint density at radius 2 is 1.80 bits per heavy atom. The van der Waals surface area contributed by atoms with Crippen LogP contribution in [0.2, 0.25) is 0 Å². The average Bonchev–Trinajstić information content (AvgIpc) is 1.88. The smallest absolute Gasteiger partial charge is 0.135 e.